The quantitative estimate of drug-likeness (QED) is 0.881. The molecule has 1 N–H and O–H groups in total. The Hall–Kier alpha value is -2.16. The van der Waals surface area contributed by atoms with Crippen molar-refractivity contribution >= 4 is 15.9 Å². The number of nitrogens with zero attached hydrogens (tertiary/aromatic N) is 3. The number of nitrogens with one attached hydrogen (secondary N) is 1. The van der Waals surface area contributed by atoms with Gasteiger partial charge in [-0.15, -0.1) is 0 Å². The molecule has 8 nitrogen and oxygen atoms in total. The predicted molar refractivity (Wildman–Crippen MR) is 81.0 cm³/mol. The fourth-order valence-electron chi connectivity index (χ4n) is 2.72. The maximum Gasteiger partial charge on any atom is 0.286 e. The van der Waals surface area contributed by atoms with Gasteiger partial charge in [-0.2, -0.15) is 5.10 Å². The minimum absolute atomic E-state index is 0.0171. The van der Waals surface area contributed by atoms with Gasteiger partial charge in [0.1, 0.15) is 12.0 Å². The molecule has 3 rings (SSSR count). The zero-order valence-corrected chi connectivity index (χ0v) is 13.5. The molecule has 1 aliphatic rings. The average Bonchev–Trinajstić information content (AvgIpc) is 3.17. The average molecular weight is 338 g/mol. The van der Waals surface area contributed by atoms with E-state index in [9.17, 15) is 13.2 Å². The van der Waals surface area contributed by atoms with Gasteiger partial charge in [0, 0.05) is 19.2 Å². The van der Waals surface area contributed by atoms with Gasteiger partial charge < -0.3 is 4.42 Å². The molecule has 9 heteroatoms. The molecular weight excluding hydrogens is 320 g/mol. The van der Waals surface area contributed by atoms with Crippen molar-refractivity contribution in [2.75, 3.05) is 0 Å². The molecule has 1 aliphatic carbocycles. The van der Waals surface area contributed by atoms with Crippen molar-refractivity contribution in [3.8, 4) is 0 Å². The molecule has 23 heavy (non-hydrogen) atoms. The maximum atomic E-state index is 12.0. The van der Waals surface area contributed by atoms with E-state index >= 15 is 0 Å². The Labute approximate surface area is 133 Å². The van der Waals surface area contributed by atoms with Crippen LogP contribution < -0.4 is 4.72 Å². The third kappa shape index (κ3) is 3.79. The molecule has 0 atom stereocenters. The van der Waals surface area contributed by atoms with Crippen molar-refractivity contribution in [1.82, 2.24) is 19.5 Å². The molecule has 2 aromatic heterocycles. The third-order valence-electron chi connectivity index (χ3n) is 3.81. The number of amides is 1. The monoisotopic (exact) mass is 338 g/mol. The Morgan fingerprint density at radius 3 is 2.83 bits per heavy atom. The molecular formula is C14H18N4O4S. The first-order chi connectivity index (χ1) is 10.9. The van der Waals surface area contributed by atoms with Crippen LogP contribution in [-0.2, 0) is 22.8 Å². The van der Waals surface area contributed by atoms with Gasteiger partial charge in [0.15, 0.2) is 11.6 Å². The molecule has 124 valence electrons. The van der Waals surface area contributed by atoms with Crippen LogP contribution in [-0.4, -0.2) is 29.1 Å². The summed E-state index contributed by atoms with van der Waals surface area (Å²) in [7, 11) is -2.15. The van der Waals surface area contributed by atoms with E-state index in [0.717, 1.165) is 25.7 Å². The molecule has 0 radical (unpaired) electrons. The maximum absolute atomic E-state index is 12.0. The number of hydrogen-bond acceptors (Lipinski definition) is 6. The van der Waals surface area contributed by atoms with Gasteiger partial charge in [-0.25, -0.2) is 18.1 Å². The third-order valence-corrected chi connectivity index (χ3v) is 4.99. The normalized spacial score (nSPS) is 15.9. The molecule has 0 aliphatic heterocycles. The lowest BCUT2D eigenvalue weighted by Crippen LogP contribution is -2.32. The van der Waals surface area contributed by atoms with Crippen molar-refractivity contribution in [2.24, 2.45) is 7.05 Å². The van der Waals surface area contributed by atoms with Crippen molar-refractivity contribution in [3.05, 3.63) is 35.8 Å². The Bertz CT molecular complexity index is 802. The van der Waals surface area contributed by atoms with E-state index in [2.05, 4.69) is 10.1 Å². The minimum atomic E-state index is -3.84. The zero-order valence-electron chi connectivity index (χ0n) is 12.7. The van der Waals surface area contributed by atoms with Crippen LogP contribution in [0.1, 0.15) is 53.7 Å². The molecule has 1 fully saturated rings. The highest BCUT2D eigenvalue weighted by atomic mass is 32.2. The molecule has 0 saturated heterocycles. The molecule has 1 saturated carbocycles. The van der Waals surface area contributed by atoms with Gasteiger partial charge in [0.25, 0.3) is 5.91 Å². The van der Waals surface area contributed by atoms with Crippen LogP contribution in [0.4, 0.5) is 0 Å². The lowest BCUT2D eigenvalue weighted by Gasteiger charge is -2.03. The standard InChI is InChI=1S/C14H18N4O4S/c1-18-7-6-11(16-18)9-23(20,21)17-13(19)12-8-22-14(15-12)10-4-2-3-5-10/h6-8,10H,2-5,9H2,1H3,(H,17,19). The number of aryl methyl sites for hydroxylation is 1. The minimum Gasteiger partial charge on any atom is -0.448 e. The second-order valence-electron chi connectivity index (χ2n) is 5.72. The summed E-state index contributed by atoms with van der Waals surface area (Å²) < 4.78 is 32.9. The van der Waals surface area contributed by atoms with Crippen LogP contribution in [0.3, 0.4) is 0 Å². The second kappa shape index (κ2) is 6.15. The summed E-state index contributed by atoms with van der Waals surface area (Å²) in [6.45, 7) is 0. The van der Waals surface area contributed by atoms with E-state index in [1.807, 2.05) is 4.72 Å². The molecule has 0 bridgehead atoms. The topological polar surface area (TPSA) is 107 Å². The molecule has 2 heterocycles. The number of sulfonamides is 1. The van der Waals surface area contributed by atoms with E-state index in [-0.39, 0.29) is 17.4 Å². The van der Waals surface area contributed by atoms with Crippen molar-refractivity contribution < 1.29 is 17.6 Å². The first kappa shape index (κ1) is 15.7. The highest BCUT2D eigenvalue weighted by molar-refractivity contribution is 7.89. The van der Waals surface area contributed by atoms with Gasteiger partial charge in [-0.1, -0.05) is 12.8 Å². The van der Waals surface area contributed by atoms with Crippen molar-refractivity contribution in [1.29, 1.82) is 0 Å². The summed E-state index contributed by atoms with van der Waals surface area (Å²) in [6.07, 6.45) is 7.05. The van der Waals surface area contributed by atoms with E-state index < -0.39 is 15.9 Å². The number of aromatic nitrogens is 3. The highest BCUT2D eigenvalue weighted by Gasteiger charge is 2.25. The van der Waals surface area contributed by atoms with E-state index in [0.29, 0.717) is 11.6 Å². The van der Waals surface area contributed by atoms with Gasteiger partial charge in [-0.05, 0) is 18.9 Å². The van der Waals surface area contributed by atoms with Crippen molar-refractivity contribution in [3.63, 3.8) is 0 Å². The summed E-state index contributed by atoms with van der Waals surface area (Å²) in [4.78, 5) is 16.2. The lowest BCUT2D eigenvalue weighted by atomic mass is 10.1. The molecule has 0 aromatic carbocycles. The molecule has 2 aromatic rings. The van der Waals surface area contributed by atoms with Crippen molar-refractivity contribution in [2.45, 2.75) is 37.4 Å². The number of hydrogen-bond donors (Lipinski definition) is 1. The smallest absolute Gasteiger partial charge is 0.286 e. The fourth-order valence-corrected chi connectivity index (χ4v) is 3.72. The van der Waals surface area contributed by atoms with Gasteiger partial charge in [0.2, 0.25) is 10.0 Å². The summed E-state index contributed by atoms with van der Waals surface area (Å²) >= 11 is 0. The Kier molecular flexibility index (Phi) is 4.20. The van der Waals surface area contributed by atoms with E-state index in [1.54, 1.807) is 19.3 Å². The second-order valence-corrected chi connectivity index (χ2v) is 7.45. The lowest BCUT2D eigenvalue weighted by molar-refractivity contribution is 0.0976. The van der Waals surface area contributed by atoms with Crippen LogP contribution in [0.5, 0.6) is 0 Å². The summed E-state index contributed by atoms with van der Waals surface area (Å²) in [5.41, 5.74) is 0.344. The fraction of sp³-hybridized carbons (Fsp3) is 0.500. The van der Waals surface area contributed by atoms with Crippen LogP contribution in [0.2, 0.25) is 0 Å². The Morgan fingerprint density at radius 1 is 1.43 bits per heavy atom. The Morgan fingerprint density at radius 2 is 2.17 bits per heavy atom. The van der Waals surface area contributed by atoms with Gasteiger partial charge >= 0.3 is 0 Å². The first-order valence-corrected chi connectivity index (χ1v) is 9.07. The van der Waals surface area contributed by atoms with Gasteiger partial charge in [0.05, 0.1) is 5.69 Å². The summed E-state index contributed by atoms with van der Waals surface area (Å²) in [6, 6.07) is 1.58. The highest BCUT2D eigenvalue weighted by Crippen LogP contribution is 2.33. The van der Waals surface area contributed by atoms with Crippen LogP contribution >= 0.6 is 0 Å². The molecule has 0 unspecified atom stereocenters. The Balaban J connectivity index is 1.66. The predicted octanol–water partition coefficient (Wildman–Crippen LogP) is 1.33. The largest absolute Gasteiger partial charge is 0.448 e. The molecule has 0 spiro atoms. The molecule has 1 amide bonds. The van der Waals surface area contributed by atoms with Crippen LogP contribution in [0.25, 0.3) is 0 Å². The summed E-state index contributed by atoms with van der Waals surface area (Å²) in [5, 5.41) is 3.98. The SMILES string of the molecule is Cn1ccc(CS(=O)(=O)NC(=O)c2coc(C3CCCC3)n2)n1. The number of rotatable bonds is 5. The number of carbonyl (C=O) groups is 1. The van der Waals surface area contributed by atoms with Gasteiger partial charge in [-0.3, -0.25) is 9.48 Å². The van der Waals surface area contributed by atoms with E-state index in [4.69, 9.17) is 4.42 Å². The zero-order chi connectivity index (χ0) is 16.4. The summed E-state index contributed by atoms with van der Waals surface area (Å²) in [5.74, 6) is -0.419. The van der Waals surface area contributed by atoms with E-state index in [1.165, 1.54) is 10.9 Å². The number of carbonyl (C=O) groups excluding carboxylic acids is 1. The first-order valence-electron chi connectivity index (χ1n) is 7.42. The van der Waals surface area contributed by atoms with Crippen LogP contribution in [0.15, 0.2) is 22.9 Å². The number of oxazole rings is 1. The van der Waals surface area contributed by atoms with Crippen LogP contribution in [0, 0.1) is 0 Å².